The number of rotatable bonds is 6. The fourth-order valence-electron chi connectivity index (χ4n) is 0.744. The van der Waals surface area contributed by atoms with Gasteiger partial charge in [0.15, 0.2) is 0 Å². The number of hydrogen-bond acceptors (Lipinski definition) is 4. The van der Waals surface area contributed by atoms with Crippen molar-refractivity contribution in [1.82, 2.24) is 4.67 Å². The van der Waals surface area contributed by atoms with Crippen LogP contribution < -0.4 is 0 Å². The van der Waals surface area contributed by atoms with E-state index in [9.17, 15) is 4.57 Å². The maximum Gasteiger partial charge on any atom is 0.403 e. The minimum atomic E-state index is -4.46. The van der Waals surface area contributed by atoms with Gasteiger partial charge in [0.05, 0.1) is 19.3 Å². The minimum absolute atomic E-state index is 0.249. The van der Waals surface area contributed by atoms with Crippen LogP contribution >= 0.6 is 7.75 Å². The standard InChI is InChI=1S/C5H14NO6P/c7-2-1-6(13(10,11)12)3-5(9)4-8/h5,7-9H,1-4H2,(H2,10,11,12)/t5-/m1/s1. The average molecular weight is 215 g/mol. The second kappa shape index (κ2) is 5.66. The van der Waals surface area contributed by atoms with Crippen molar-refractivity contribution in [3.05, 3.63) is 0 Å². The maximum absolute atomic E-state index is 10.7. The Hall–Kier alpha value is -0.0100. The van der Waals surface area contributed by atoms with Gasteiger partial charge in [0, 0.05) is 13.1 Å². The summed E-state index contributed by atoms with van der Waals surface area (Å²) >= 11 is 0. The molecule has 0 unspecified atom stereocenters. The average Bonchev–Trinajstić information content (AvgIpc) is 2.01. The lowest BCUT2D eigenvalue weighted by molar-refractivity contribution is 0.0684. The Kier molecular flexibility index (Phi) is 5.66. The first-order valence-corrected chi connectivity index (χ1v) is 5.19. The molecule has 5 N–H and O–H groups in total. The van der Waals surface area contributed by atoms with Gasteiger partial charge in [-0.2, -0.15) is 0 Å². The minimum Gasteiger partial charge on any atom is -0.395 e. The van der Waals surface area contributed by atoms with Gasteiger partial charge in [-0.1, -0.05) is 0 Å². The Labute approximate surface area is 75.4 Å². The van der Waals surface area contributed by atoms with Crippen LogP contribution in [0.1, 0.15) is 0 Å². The van der Waals surface area contributed by atoms with Gasteiger partial charge in [-0.25, -0.2) is 9.24 Å². The number of aliphatic hydroxyl groups excluding tert-OH is 3. The molecular formula is C5H14NO6P. The van der Waals surface area contributed by atoms with Crippen LogP contribution in [-0.2, 0) is 4.57 Å². The van der Waals surface area contributed by atoms with Crippen LogP contribution in [0.5, 0.6) is 0 Å². The van der Waals surface area contributed by atoms with Crippen molar-refractivity contribution in [2.75, 3.05) is 26.3 Å². The van der Waals surface area contributed by atoms with Crippen molar-refractivity contribution in [3.63, 3.8) is 0 Å². The topological polar surface area (TPSA) is 121 Å². The van der Waals surface area contributed by atoms with E-state index < -0.39 is 27.1 Å². The molecule has 0 aromatic rings. The summed E-state index contributed by atoms with van der Waals surface area (Å²) in [6.45, 7) is -1.63. The molecule has 8 heteroatoms. The van der Waals surface area contributed by atoms with Crippen molar-refractivity contribution in [1.29, 1.82) is 0 Å². The third-order valence-corrected chi connectivity index (χ3v) is 2.46. The second-order valence-corrected chi connectivity index (χ2v) is 4.08. The normalized spacial score (nSPS) is 14.9. The van der Waals surface area contributed by atoms with Gasteiger partial charge in [0.1, 0.15) is 0 Å². The molecule has 0 aromatic heterocycles. The highest BCUT2D eigenvalue weighted by molar-refractivity contribution is 7.49. The number of nitrogens with zero attached hydrogens (tertiary/aromatic N) is 1. The summed E-state index contributed by atoms with van der Waals surface area (Å²) in [6, 6.07) is 0. The lowest BCUT2D eigenvalue weighted by atomic mass is 10.4. The van der Waals surface area contributed by atoms with E-state index in [1.165, 1.54) is 0 Å². The van der Waals surface area contributed by atoms with Crippen LogP contribution in [0.4, 0.5) is 0 Å². The van der Waals surface area contributed by atoms with Gasteiger partial charge < -0.3 is 25.1 Å². The third-order valence-electron chi connectivity index (χ3n) is 1.36. The lowest BCUT2D eigenvalue weighted by Crippen LogP contribution is -2.33. The summed E-state index contributed by atoms with van der Waals surface area (Å²) in [4.78, 5) is 17.4. The van der Waals surface area contributed by atoms with E-state index >= 15 is 0 Å². The monoisotopic (exact) mass is 215 g/mol. The summed E-state index contributed by atoms with van der Waals surface area (Å²) in [5.41, 5.74) is 0. The SMILES string of the molecule is O=P(O)(O)N(CCO)C[C@@H](O)CO. The molecule has 0 fully saturated rings. The fourth-order valence-corrected chi connectivity index (χ4v) is 1.50. The van der Waals surface area contributed by atoms with Crippen molar-refractivity contribution < 1.29 is 29.7 Å². The van der Waals surface area contributed by atoms with Gasteiger partial charge in [-0.05, 0) is 0 Å². The quantitative estimate of drug-likeness (QED) is 0.316. The van der Waals surface area contributed by atoms with Crippen molar-refractivity contribution in [3.8, 4) is 0 Å². The summed E-state index contributed by atoms with van der Waals surface area (Å²) in [5.74, 6) is 0. The molecule has 0 amide bonds. The van der Waals surface area contributed by atoms with Gasteiger partial charge in [0.2, 0.25) is 0 Å². The zero-order chi connectivity index (χ0) is 10.5. The van der Waals surface area contributed by atoms with Crippen molar-refractivity contribution >= 4 is 7.75 Å². The molecule has 0 saturated heterocycles. The van der Waals surface area contributed by atoms with Crippen molar-refractivity contribution in [2.45, 2.75) is 6.10 Å². The molecule has 0 aliphatic rings. The molecule has 0 heterocycles. The van der Waals surface area contributed by atoms with Crippen LogP contribution in [0.3, 0.4) is 0 Å². The zero-order valence-electron chi connectivity index (χ0n) is 6.94. The van der Waals surface area contributed by atoms with Crippen LogP contribution in [0.15, 0.2) is 0 Å². The molecule has 13 heavy (non-hydrogen) atoms. The van der Waals surface area contributed by atoms with Crippen molar-refractivity contribution in [2.24, 2.45) is 0 Å². The van der Waals surface area contributed by atoms with Gasteiger partial charge in [-0.15, -0.1) is 0 Å². The van der Waals surface area contributed by atoms with Gasteiger partial charge in [0.25, 0.3) is 0 Å². The van der Waals surface area contributed by atoms with Gasteiger partial charge in [-0.3, -0.25) is 0 Å². The summed E-state index contributed by atoms with van der Waals surface area (Å²) in [7, 11) is -4.46. The Morgan fingerprint density at radius 1 is 1.31 bits per heavy atom. The van der Waals surface area contributed by atoms with Crippen LogP contribution in [0.2, 0.25) is 0 Å². The first kappa shape index (κ1) is 13.0. The first-order valence-electron chi connectivity index (χ1n) is 3.62. The third kappa shape index (κ3) is 5.33. The molecule has 80 valence electrons. The smallest absolute Gasteiger partial charge is 0.395 e. The molecule has 0 rings (SSSR count). The molecule has 7 nitrogen and oxygen atoms in total. The summed E-state index contributed by atoms with van der Waals surface area (Å²) < 4.78 is 11.3. The molecule has 1 atom stereocenters. The predicted octanol–water partition coefficient (Wildman–Crippen LogP) is -2.27. The molecule has 0 aromatic carbocycles. The van der Waals surface area contributed by atoms with Gasteiger partial charge >= 0.3 is 7.75 Å². The summed E-state index contributed by atoms with van der Waals surface area (Å²) in [6.07, 6.45) is -1.22. The number of aliphatic hydroxyl groups is 3. The Bertz CT molecular complexity index is 182. The molecule has 0 spiro atoms. The largest absolute Gasteiger partial charge is 0.403 e. The molecule has 0 bridgehead atoms. The zero-order valence-corrected chi connectivity index (χ0v) is 7.84. The molecule has 0 aliphatic carbocycles. The molecule has 0 aliphatic heterocycles. The lowest BCUT2D eigenvalue weighted by Gasteiger charge is -2.23. The van der Waals surface area contributed by atoms with E-state index in [0.717, 1.165) is 0 Å². The van der Waals surface area contributed by atoms with Crippen LogP contribution in [0.25, 0.3) is 0 Å². The van der Waals surface area contributed by atoms with E-state index in [-0.39, 0.29) is 13.1 Å². The van der Waals surface area contributed by atoms with E-state index in [1.807, 2.05) is 0 Å². The summed E-state index contributed by atoms with van der Waals surface area (Å²) in [5, 5.41) is 25.8. The highest BCUT2D eigenvalue weighted by Gasteiger charge is 2.26. The maximum atomic E-state index is 10.7. The highest BCUT2D eigenvalue weighted by Crippen LogP contribution is 2.39. The first-order chi connectivity index (χ1) is 5.91. The highest BCUT2D eigenvalue weighted by atomic mass is 31.2. The van der Waals surface area contributed by atoms with E-state index in [4.69, 9.17) is 25.1 Å². The van der Waals surface area contributed by atoms with E-state index in [2.05, 4.69) is 0 Å². The van der Waals surface area contributed by atoms with Crippen LogP contribution in [-0.4, -0.2) is 62.2 Å². The fraction of sp³-hybridized carbons (Fsp3) is 1.00. The van der Waals surface area contributed by atoms with E-state index in [1.54, 1.807) is 0 Å². The Balaban J connectivity index is 4.18. The number of hydrogen-bond donors (Lipinski definition) is 5. The predicted molar refractivity (Wildman–Crippen MR) is 43.8 cm³/mol. The molecular weight excluding hydrogens is 201 g/mol. The van der Waals surface area contributed by atoms with Crippen LogP contribution in [0, 0.1) is 0 Å². The Morgan fingerprint density at radius 2 is 1.85 bits per heavy atom. The Morgan fingerprint density at radius 3 is 2.15 bits per heavy atom. The molecule has 0 radical (unpaired) electrons. The molecule has 0 saturated carbocycles. The second-order valence-electron chi connectivity index (χ2n) is 2.49. The van der Waals surface area contributed by atoms with E-state index in [0.29, 0.717) is 4.67 Å².